The second kappa shape index (κ2) is 5.62. The molecule has 1 N–H and O–H groups in total. The highest BCUT2D eigenvalue weighted by Crippen LogP contribution is 2.29. The number of nitrogens with zero attached hydrogens (tertiary/aromatic N) is 1. The first kappa shape index (κ1) is 12.7. The van der Waals surface area contributed by atoms with Crippen LogP contribution < -0.4 is 10.1 Å². The van der Waals surface area contributed by atoms with Crippen molar-refractivity contribution in [3.63, 3.8) is 0 Å². The van der Waals surface area contributed by atoms with Crippen molar-refractivity contribution in [2.45, 2.75) is 32.9 Å². The summed E-state index contributed by atoms with van der Waals surface area (Å²) in [5.74, 6) is 0.710. The number of nitrogens with one attached hydrogen (secondary N) is 1. The lowest BCUT2D eigenvalue weighted by atomic mass is 10.2. The molecule has 0 bridgehead atoms. The molecule has 0 amide bonds. The zero-order valence-electron chi connectivity index (χ0n) is 9.62. The summed E-state index contributed by atoms with van der Waals surface area (Å²) in [5, 5.41) is 12.4. The Balaban J connectivity index is 2.94. The van der Waals surface area contributed by atoms with Gasteiger partial charge in [0.1, 0.15) is 11.8 Å². The van der Waals surface area contributed by atoms with Crippen molar-refractivity contribution in [2.75, 3.05) is 5.32 Å². The van der Waals surface area contributed by atoms with Crippen LogP contribution in [0.4, 0.5) is 5.69 Å². The molecule has 1 unspecified atom stereocenters. The lowest BCUT2D eigenvalue weighted by Crippen LogP contribution is -2.14. The summed E-state index contributed by atoms with van der Waals surface area (Å²) in [6.07, 6.45) is 0.0825. The largest absolute Gasteiger partial charge is 0.489 e. The molecule has 16 heavy (non-hydrogen) atoms. The third-order valence-corrected chi connectivity index (χ3v) is 2.11. The molecule has 0 aliphatic heterocycles. The molecule has 4 heteroatoms. The van der Waals surface area contributed by atoms with Crippen LogP contribution in [0.5, 0.6) is 5.75 Å². The summed E-state index contributed by atoms with van der Waals surface area (Å²) in [4.78, 5) is 0. The maximum absolute atomic E-state index is 8.75. The van der Waals surface area contributed by atoms with Crippen molar-refractivity contribution in [3.05, 3.63) is 23.2 Å². The number of benzene rings is 1. The maximum Gasteiger partial charge on any atom is 0.142 e. The van der Waals surface area contributed by atoms with Gasteiger partial charge in [-0.3, -0.25) is 0 Å². The average molecular weight is 239 g/mol. The molecule has 0 heterocycles. The first-order valence-electron chi connectivity index (χ1n) is 5.15. The molecule has 0 radical (unpaired) electrons. The molecule has 1 atom stereocenters. The molecule has 0 aromatic heterocycles. The van der Waals surface area contributed by atoms with E-state index < -0.39 is 0 Å². The van der Waals surface area contributed by atoms with Crippen molar-refractivity contribution in [1.29, 1.82) is 5.26 Å². The van der Waals surface area contributed by atoms with Gasteiger partial charge in [-0.05, 0) is 39.0 Å². The Labute approximate surface area is 101 Å². The fourth-order valence-corrected chi connectivity index (χ4v) is 1.41. The van der Waals surface area contributed by atoms with Crippen LogP contribution >= 0.6 is 11.6 Å². The van der Waals surface area contributed by atoms with Gasteiger partial charge in [-0.1, -0.05) is 11.6 Å². The van der Waals surface area contributed by atoms with Crippen LogP contribution in [0.15, 0.2) is 18.2 Å². The van der Waals surface area contributed by atoms with Gasteiger partial charge in [0.25, 0.3) is 0 Å². The molecule has 3 nitrogen and oxygen atoms in total. The van der Waals surface area contributed by atoms with Gasteiger partial charge >= 0.3 is 0 Å². The van der Waals surface area contributed by atoms with Gasteiger partial charge in [-0.15, -0.1) is 0 Å². The molecule has 0 saturated carbocycles. The van der Waals surface area contributed by atoms with Gasteiger partial charge in [0, 0.05) is 5.02 Å². The Morgan fingerprint density at radius 1 is 1.38 bits per heavy atom. The van der Waals surface area contributed by atoms with Gasteiger partial charge in [0.2, 0.25) is 0 Å². The standard InChI is InChI=1S/C12H15ClN2O/c1-8(2)16-12-5-4-10(13)6-11(12)15-9(3)7-14/h4-6,8-9,15H,1-3H3. The normalized spacial score (nSPS) is 12.0. The predicted octanol–water partition coefficient (Wildman–Crippen LogP) is 3.45. The molecule has 1 aromatic rings. The molecule has 86 valence electrons. The lowest BCUT2D eigenvalue weighted by Gasteiger charge is -2.16. The minimum atomic E-state index is -0.284. The number of hydrogen-bond acceptors (Lipinski definition) is 3. The molecule has 1 aromatic carbocycles. The van der Waals surface area contributed by atoms with Gasteiger partial charge in [0.15, 0.2) is 0 Å². The first-order chi connectivity index (χ1) is 7.52. The molecule has 1 rings (SSSR count). The van der Waals surface area contributed by atoms with Gasteiger partial charge in [-0.2, -0.15) is 5.26 Å². The lowest BCUT2D eigenvalue weighted by molar-refractivity contribution is 0.243. The van der Waals surface area contributed by atoms with E-state index in [4.69, 9.17) is 21.6 Å². The smallest absolute Gasteiger partial charge is 0.142 e. The number of ether oxygens (including phenoxy) is 1. The fourth-order valence-electron chi connectivity index (χ4n) is 1.24. The molecule has 0 saturated heterocycles. The van der Waals surface area contributed by atoms with Crippen LogP contribution in [0.25, 0.3) is 0 Å². The van der Waals surface area contributed by atoms with Crippen molar-refractivity contribution >= 4 is 17.3 Å². The molecule has 0 fully saturated rings. The number of rotatable bonds is 4. The molecular formula is C12H15ClN2O. The van der Waals surface area contributed by atoms with Crippen molar-refractivity contribution in [1.82, 2.24) is 0 Å². The zero-order valence-corrected chi connectivity index (χ0v) is 10.4. The highest BCUT2D eigenvalue weighted by molar-refractivity contribution is 6.30. The SMILES string of the molecule is CC(C#N)Nc1cc(Cl)ccc1OC(C)C. The number of nitriles is 1. The second-order valence-electron chi connectivity index (χ2n) is 3.80. The monoisotopic (exact) mass is 238 g/mol. The quantitative estimate of drug-likeness (QED) is 0.874. The minimum Gasteiger partial charge on any atom is -0.489 e. The van der Waals surface area contributed by atoms with E-state index in [1.165, 1.54) is 0 Å². The summed E-state index contributed by atoms with van der Waals surface area (Å²) in [6.45, 7) is 5.68. The van der Waals surface area contributed by atoms with E-state index >= 15 is 0 Å². The predicted molar refractivity (Wildman–Crippen MR) is 65.9 cm³/mol. The van der Waals surface area contributed by atoms with Crippen molar-refractivity contribution in [3.8, 4) is 11.8 Å². The van der Waals surface area contributed by atoms with E-state index in [1.54, 1.807) is 25.1 Å². The average Bonchev–Trinajstić information content (AvgIpc) is 2.21. The van der Waals surface area contributed by atoms with Crippen LogP contribution in [0.3, 0.4) is 0 Å². The van der Waals surface area contributed by atoms with E-state index in [2.05, 4.69) is 11.4 Å². The van der Waals surface area contributed by atoms with Crippen molar-refractivity contribution < 1.29 is 4.74 Å². The Bertz CT molecular complexity index is 398. The van der Waals surface area contributed by atoms with E-state index in [-0.39, 0.29) is 12.1 Å². The van der Waals surface area contributed by atoms with Gasteiger partial charge < -0.3 is 10.1 Å². The van der Waals surface area contributed by atoms with Crippen molar-refractivity contribution in [2.24, 2.45) is 0 Å². The Morgan fingerprint density at radius 2 is 2.06 bits per heavy atom. The second-order valence-corrected chi connectivity index (χ2v) is 4.24. The molecule has 0 aliphatic carbocycles. The number of hydrogen-bond donors (Lipinski definition) is 1. The minimum absolute atomic E-state index is 0.0825. The van der Waals surface area contributed by atoms with Crippen LogP contribution in [-0.4, -0.2) is 12.1 Å². The van der Waals surface area contributed by atoms with E-state index in [9.17, 15) is 0 Å². The van der Waals surface area contributed by atoms with E-state index in [0.29, 0.717) is 10.8 Å². The number of halogens is 1. The van der Waals surface area contributed by atoms with Crippen LogP contribution in [0, 0.1) is 11.3 Å². The van der Waals surface area contributed by atoms with Crippen LogP contribution in [-0.2, 0) is 0 Å². The van der Waals surface area contributed by atoms with E-state index in [0.717, 1.165) is 5.69 Å². The molecule has 0 spiro atoms. The summed E-state index contributed by atoms with van der Waals surface area (Å²) < 4.78 is 5.62. The Morgan fingerprint density at radius 3 is 2.62 bits per heavy atom. The van der Waals surface area contributed by atoms with Gasteiger partial charge in [-0.25, -0.2) is 0 Å². The summed E-state index contributed by atoms with van der Waals surface area (Å²) >= 11 is 5.90. The fraction of sp³-hybridized carbons (Fsp3) is 0.417. The molecule has 0 aliphatic rings. The summed E-state index contributed by atoms with van der Waals surface area (Å²) in [7, 11) is 0. The third-order valence-electron chi connectivity index (χ3n) is 1.87. The summed E-state index contributed by atoms with van der Waals surface area (Å²) in [6, 6.07) is 7.14. The maximum atomic E-state index is 8.75. The first-order valence-corrected chi connectivity index (χ1v) is 5.53. The highest BCUT2D eigenvalue weighted by Gasteiger charge is 2.08. The van der Waals surface area contributed by atoms with Crippen LogP contribution in [0.1, 0.15) is 20.8 Å². The number of anilines is 1. The Kier molecular flexibility index (Phi) is 4.45. The van der Waals surface area contributed by atoms with Gasteiger partial charge in [0.05, 0.1) is 17.9 Å². The van der Waals surface area contributed by atoms with Crippen LogP contribution in [0.2, 0.25) is 5.02 Å². The third kappa shape index (κ3) is 3.63. The van der Waals surface area contributed by atoms with E-state index in [1.807, 2.05) is 13.8 Å². The molecular weight excluding hydrogens is 224 g/mol. The Hall–Kier alpha value is -1.40. The highest BCUT2D eigenvalue weighted by atomic mass is 35.5. The zero-order chi connectivity index (χ0) is 12.1. The summed E-state index contributed by atoms with van der Waals surface area (Å²) in [5.41, 5.74) is 0.746. The topological polar surface area (TPSA) is 45.0 Å².